The number of carbonyl (C=O) groups is 1. The van der Waals surface area contributed by atoms with E-state index in [2.05, 4.69) is 4.85 Å². The van der Waals surface area contributed by atoms with Crippen LogP contribution in [0, 0.1) is 6.57 Å². The van der Waals surface area contributed by atoms with Gasteiger partial charge < -0.3 is 9.84 Å². The molecule has 0 aliphatic rings. The number of hydrogen-bond donors (Lipinski definition) is 1. The van der Waals surface area contributed by atoms with Gasteiger partial charge in [-0.05, 0) is 18.2 Å². The first-order valence-electron chi connectivity index (χ1n) is 3.48. The van der Waals surface area contributed by atoms with Gasteiger partial charge in [-0.2, -0.15) is 0 Å². The molecule has 0 heterocycles. The molecular formula is C9H7NO3. The molecular weight excluding hydrogens is 170 g/mol. The average molecular weight is 177 g/mol. The SMILES string of the molecule is [C-]#[N+]c1cc(C(=O)O)ccc1OC. The van der Waals surface area contributed by atoms with Gasteiger partial charge >= 0.3 is 5.97 Å². The minimum Gasteiger partial charge on any atom is -0.508 e. The first-order valence-corrected chi connectivity index (χ1v) is 3.48. The number of hydrogen-bond acceptors (Lipinski definition) is 2. The van der Waals surface area contributed by atoms with Gasteiger partial charge in [-0.1, -0.05) is 0 Å². The van der Waals surface area contributed by atoms with Gasteiger partial charge in [-0.15, -0.1) is 0 Å². The van der Waals surface area contributed by atoms with Gasteiger partial charge in [0.25, 0.3) is 0 Å². The van der Waals surface area contributed by atoms with Crippen molar-refractivity contribution >= 4 is 11.7 Å². The molecule has 1 N–H and O–H groups in total. The second-order valence-electron chi connectivity index (χ2n) is 2.30. The van der Waals surface area contributed by atoms with Gasteiger partial charge in [-0.25, -0.2) is 9.64 Å². The summed E-state index contributed by atoms with van der Waals surface area (Å²) < 4.78 is 4.86. The number of ether oxygens (including phenoxy) is 1. The molecule has 13 heavy (non-hydrogen) atoms. The average Bonchev–Trinajstić information content (AvgIpc) is 2.16. The zero-order valence-corrected chi connectivity index (χ0v) is 6.94. The van der Waals surface area contributed by atoms with Crippen molar-refractivity contribution in [1.82, 2.24) is 0 Å². The molecule has 0 spiro atoms. The Hall–Kier alpha value is -2.02. The van der Waals surface area contributed by atoms with Crippen LogP contribution in [0.25, 0.3) is 4.85 Å². The van der Waals surface area contributed by atoms with E-state index in [4.69, 9.17) is 16.4 Å². The zero-order chi connectivity index (χ0) is 9.84. The lowest BCUT2D eigenvalue weighted by Crippen LogP contribution is -1.95. The van der Waals surface area contributed by atoms with E-state index in [-0.39, 0.29) is 11.3 Å². The van der Waals surface area contributed by atoms with Crippen LogP contribution in [0.1, 0.15) is 10.4 Å². The first kappa shape index (κ1) is 9.07. The van der Waals surface area contributed by atoms with E-state index >= 15 is 0 Å². The van der Waals surface area contributed by atoms with Crippen molar-refractivity contribution < 1.29 is 14.6 Å². The minimum atomic E-state index is -1.05. The van der Waals surface area contributed by atoms with Crippen LogP contribution in [0.15, 0.2) is 18.2 Å². The largest absolute Gasteiger partial charge is 0.508 e. The van der Waals surface area contributed by atoms with E-state index in [1.54, 1.807) is 0 Å². The van der Waals surface area contributed by atoms with Gasteiger partial charge in [0.05, 0.1) is 13.7 Å². The molecule has 0 fully saturated rings. The molecule has 4 heteroatoms. The normalized spacial score (nSPS) is 8.92. The summed E-state index contributed by atoms with van der Waals surface area (Å²) in [5, 5.41) is 8.62. The van der Waals surface area contributed by atoms with E-state index in [0.29, 0.717) is 5.75 Å². The molecule has 4 nitrogen and oxygen atoms in total. The molecule has 0 radical (unpaired) electrons. The van der Waals surface area contributed by atoms with Gasteiger partial charge in [0.2, 0.25) is 5.69 Å². The van der Waals surface area contributed by atoms with E-state index in [1.165, 1.54) is 25.3 Å². The number of rotatable bonds is 2. The van der Waals surface area contributed by atoms with Crippen LogP contribution in [-0.2, 0) is 0 Å². The number of nitrogens with zero attached hydrogens (tertiary/aromatic N) is 1. The second-order valence-corrected chi connectivity index (χ2v) is 2.30. The fraction of sp³-hybridized carbons (Fsp3) is 0.111. The quantitative estimate of drug-likeness (QED) is 0.702. The Kier molecular flexibility index (Phi) is 2.50. The molecule has 0 saturated carbocycles. The summed E-state index contributed by atoms with van der Waals surface area (Å²) in [4.78, 5) is 13.7. The third-order valence-electron chi connectivity index (χ3n) is 1.55. The highest BCUT2D eigenvalue weighted by Gasteiger charge is 2.07. The third-order valence-corrected chi connectivity index (χ3v) is 1.55. The molecule has 1 aromatic carbocycles. The Labute approximate surface area is 75.2 Å². The van der Waals surface area contributed by atoms with Crippen molar-refractivity contribution in [2.45, 2.75) is 0 Å². The highest BCUT2D eigenvalue weighted by atomic mass is 16.5. The fourth-order valence-electron chi connectivity index (χ4n) is 0.910. The summed E-state index contributed by atoms with van der Waals surface area (Å²) in [6.45, 7) is 6.78. The molecule has 0 amide bonds. The van der Waals surface area contributed by atoms with Gasteiger partial charge in [-0.3, -0.25) is 0 Å². The van der Waals surface area contributed by atoms with E-state index < -0.39 is 5.97 Å². The lowest BCUT2D eigenvalue weighted by molar-refractivity contribution is 0.0697. The number of carboxylic acids is 1. The predicted octanol–water partition coefficient (Wildman–Crippen LogP) is 1.94. The maximum absolute atomic E-state index is 10.5. The molecule has 66 valence electrons. The molecule has 0 bridgehead atoms. The van der Waals surface area contributed by atoms with E-state index in [0.717, 1.165) is 0 Å². The summed E-state index contributed by atoms with van der Waals surface area (Å²) in [7, 11) is 1.43. The van der Waals surface area contributed by atoms with Crippen LogP contribution in [0.5, 0.6) is 5.75 Å². The van der Waals surface area contributed by atoms with Gasteiger partial charge in [0, 0.05) is 5.56 Å². The zero-order valence-electron chi connectivity index (χ0n) is 6.94. The molecule has 1 rings (SSSR count). The Morgan fingerprint density at radius 1 is 1.62 bits per heavy atom. The lowest BCUT2D eigenvalue weighted by atomic mass is 10.2. The standard InChI is InChI=1S/C9H7NO3/c1-10-7-5-6(9(11)12)3-4-8(7)13-2/h3-5H,2H3,(H,11,12). The monoisotopic (exact) mass is 177 g/mol. The highest BCUT2D eigenvalue weighted by Crippen LogP contribution is 2.28. The molecule has 0 saturated heterocycles. The molecule has 0 aliphatic carbocycles. The van der Waals surface area contributed by atoms with Gasteiger partial charge in [0.1, 0.15) is 5.75 Å². The second kappa shape index (κ2) is 3.59. The summed E-state index contributed by atoms with van der Waals surface area (Å²) >= 11 is 0. The summed E-state index contributed by atoms with van der Waals surface area (Å²) in [6, 6.07) is 4.15. The number of methoxy groups -OCH3 is 1. The van der Waals surface area contributed by atoms with Crippen molar-refractivity contribution in [2.75, 3.05) is 7.11 Å². The van der Waals surface area contributed by atoms with E-state index in [9.17, 15) is 4.79 Å². The van der Waals surface area contributed by atoms with Crippen LogP contribution in [0.3, 0.4) is 0 Å². The molecule has 1 aromatic rings. The molecule has 0 aromatic heterocycles. The summed E-state index contributed by atoms with van der Waals surface area (Å²) in [5.74, 6) is -0.660. The van der Waals surface area contributed by atoms with Crippen molar-refractivity contribution in [2.24, 2.45) is 0 Å². The Bertz CT molecular complexity index is 379. The number of carboxylic acid groups (broad SMARTS) is 1. The minimum absolute atomic E-state index is 0.0896. The van der Waals surface area contributed by atoms with Gasteiger partial charge in [0.15, 0.2) is 0 Å². The lowest BCUT2D eigenvalue weighted by Gasteiger charge is -2.02. The smallest absolute Gasteiger partial charge is 0.334 e. The molecule has 0 unspecified atom stereocenters. The Morgan fingerprint density at radius 3 is 2.77 bits per heavy atom. The van der Waals surface area contributed by atoms with Crippen molar-refractivity contribution in [3.63, 3.8) is 0 Å². The Morgan fingerprint density at radius 2 is 2.31 bits per heavy atom. The maximum Gasteiger partial charge on any atom is 0.334 e. The molecule has 0 aliphatic heterocycles. The van der Waals surface area contributed by atoms with Crippen molar-refractivity contribution in [3.05, 3.63) is 35.2 Å². The number of benzene rings is 1. The highest BCUT2D eigenvalue weighted by molar-refractivity contribution is 5.89. The van der Waals surface area contributed by atoms with Crippen molar-refractivity contribution in [1.29, 1.82) is 0 Å². The van der Waals surface area contributed by atoms with Crippen LogP contribution < -0.4 is 4.74 Å². The molecule has 0 atom stereocenters. The van der Waals surface area contributed by atoms with Crippen molar-refractivity contribution in [3.8, 4) is 5.75 Å². The van der Waals surface area contributed by atoms with Crippen LogP contribution in [0.4, 0.5) is 5.69 Å². The van der Waals surface area contributed by atoms with Crippen LogP contribution >= 0.6 is 0 Å². The topological polar surface area (TPSA) is 50.9 Å². The summed E-state index contributed by atoms with van der Waals surface area (Å²) in [5.41, 5.74) is 0.300. The van der Waals surface area contributed by atoms with Crippen LogP contribution in [-0.4, -0.2) is 18.2 Å². The third kappa shape index (κ3) is 1.76. The maximum atomic E-state index is 10.5. The summed E-state index contributed by atoms with van der Waals surface area (Å²) in [6.07, 6.45) is 0. The van der Waals surface area contributed by atoms with E-state index in [1.807, 2.05) is 0 Å². The fourth-order valence-corrected chi connectivity index (χ4v) is 0.910. The number of aromatic carboxylic acids is 1. The first-order chi connectivity index (χ1) is 6.19. The Balaban J connectivity index is 3.23. The van der Waals surface area contributed by atoms with Crippen LogP contribution in [0.2, 0.25) is 0 Å². The predicted molar refractivity (Wildman–Crippen MR) is 46.2 cm³/mol.